The van der Waals surface area contributed by atoms with Crippen molar-refractivity contribution in [1.82, 2.24) is 9.80 Å². The number of likely N-dealkylation sites (tertiary alicyclic amines) is 1. The minimum atomic E-state index is -0.893. The van der Waals surface area contributed by atoms with Crippen LogP contribution in [0.3, 0.4) is 0 Å². The second-order valence-corrected chi connectivity index (χ2v) is 8.92. The number of carbonyl (C=O) groups is 2. The highest BCUT2D eigenvalue weighted by atomic mass is 19.1. The third-order valence-electron chi connectivity index (χ3n) is 6.83. The molecule has 0 radical (unpaired) electrons. The summed E-state index contributed by atoms with van der Waals surface area (Å²) in [5.41, 5.74) is 0.786. The number of halogens is 3. The number of rotatable bonds is 6. The van der Waals surface area contributed by atoms with Gasteiger partial charge in [0.1, 0.15) is 23.2 Å². The Morgan fingerprint density at radius 2 is 1.74 bits per heavy atom. The van der Waals surface area contributed by atoms with E-state index in [2.05, 4.69) is 0 Å². The first-order valence-corrected chi connectivity index (χ1v) is 11.5. The van der Waals surface area contributed by atoms with E-state index in [0.717, 1.165) is 12.1 Å². The van der Waals surface area contributed by atoms with Crippen LogP contribution in [-0.2, 0) is 6.42 Å². The summed E-state index contributed by atoms with van der Waals surface area (Å²) >= 11 is 0. The van der Waals surface area contributed by atoms with Crippen LogP contribution in [0.25, 0.3) is 0 Å². The number of amides is 2. The first-order chi connectivity index (χ1) is 16.8. The van der Waals surface area contributed by atoms with Crippen LogP contribution in [-0.4, -0.2) is 47.8 Å². The van der Waals surface area contributed by atoms with Crippen LogP contribution < -0.4 is 0 Å². The number of hydrogen-bond donors (Lipinski definition) is 0. The molecule has 35 heavy (non-hydrogen) atoms. The maximum Gasteiger partial charge on any atom is 0.257 e. The molecule has 2 aromatic carbocycles. The van der Waals surface area contributed by atoms with Gasteiger partial charge in [0.25, 0.3) is 11.8 Å². The first kappa shape index (κ1) is 24.6. The topological polar surface area (TPSA) is 53.8 Å². The largest absolute Gasteiger partial charge is 0.469 e. The molecule has 4 rings (SSSR count). The van der Waals surface area contributed by atoms with E-state index in [4.69, 9.17) is 4.42 Å². The highest BCUT2D eigenvalue weighted by Crippen LogP contribution is 2.29. The minimum absolute atomic E-state index is 0.0159. The molecule has 0 saturated carbocycles. The molecule has 2 amide bonds. The van der Waals surface area contributed by atoms with Crippen molar-refractivity contribution in [3.8, 4) is 0 Å². The summed E-state index contributed by atoms with van der Waals surface area (Å²) in [6.07, 6.45) is 2.88. The SMILES string of the molecule is Cc1occc1C(=O)N(C)[C@@H](Cc1ccccc1F)C1CCN(C(=O)c2ccc(F)cc2F)CC1. The number of furan rings is 1. The minimum Gasteiger partial charge on any atom is -0.469 e. The lowest BCUT2D eigenvalue weighted by Crippen LogP contribution is -2.48. The van der Waals surface area contributed by atoms with Gasteiger partial charge in [0, 0.05) is 32.2 Å². The van der Waals surface area contributed by atoms with Gasteiger partial charge in [0.15, 0.2) is 0 Å². The Hall–Kier alpha value is -3.55. The van der Waals surface area contributed by atoms with Crippen LogP contribution in [0.15, 0.2) is 59.2 Å². The van der Waals surface area contributed by atoms with Gasteiger partial charge in [-0.1, -0.05) is 18.2 Å². The van der Waals surface area contributed by atoms with Gasteiger partial charge in [0.2, 0.25) is 0 Å². The molecule has 184 valence electrons. The molecular weight excluding hydrogens is 457 g/mol. The lowest BCUT2D eigenvalue weighted by molar-refractivity contribution is 0.0518. The van der Waals surface area contributed by atoms with E-state index in [1.165, 1.54) is 17.2 Å². The van der Waals surface area contributed by atoms with Crippen LogP contribution in [0.1, 0.15) is 44.9 Å². The zero-order valence-electron chi connectivity index (χ0n) is 19.6. The van der Waals surface area contributed by atoms with Gasteiger partial charge in [0.05, 0.1) is 17.4 Å². The number of likely N-dealkylation sites (N-methyl/N-ethyl adjacent to an activating group) is 1. The number of hydrogen-bond acceptors (Lipinski definition) is 3. The molecule has 5 nitrogen and oxygen atoms in total. The van der Waals surface area contributed by atoms with Crippen molar-refractivity contribution in [1.29, 1.82) is 0 Å². The lowest BCUT2D eigenvalue weighted by Gasteiger charge is -2.40. The Balaban J connectivity index is 1.53. The van der Waals surface area contributed by atoms with Gasteiger partial charge in [-0.2, -0.15) is 0 Å². The van der Waals surface area contributed by atoms with Crippen molar-refractivity contribution < 1.29 is 27.2 Å². The molecule has 0 spiro atoms. The zero-order valence-corrected chi connectivity index (χ0v) is 19.6. The normalized spacial score (nSPS) is 15.2. The molecule has 8 heteroatoms. The fourth-order valence-corrected chi connectivity index (χ4v) is 4.78. The standard InChI is InChI=1S/C27H27F3N2O3/c1-17-21(11-14-35-17)26(33)31(2)25(15-19-5-3-4-6-23(19)29)18-9-12-32(13-10-18)27(34)22-8-7-20(28)16-24(22)30/h3-8,11,14,16,18,25H,9-10,12-13,15H2,1-2H3/t25-/m0/s1. The monoisotopic (exact) mass is 484 g/mol. The van der Waals surface area contributed by atoms with E-state index in [1.54, 1.807) is 43.1 Å². The summed E-state index contributed by atoms with van der Waals surface area (Å²) in [5, 5.41) is 0. The molecule has 0 unspecified atom stereocenters. The summed E-state index contributed by atoms with van der Waals surface area (Å²) in [6.45, 7) is 2.41. The second-order valence-electron chi connectivity index (χ2n) is 8.92. The third kappa shape index (κ3) is 5.26. The van der Waals surface area contributed by atoms with Gasteiger partial charge >= 0.3 is 0 Å². The van der Waals surface area contributed by atoms with Crippen molar-refractivity contribution >= 4 is 11.8 Å². The Labute approximate surface area is 202 Å². The third-order valence-corrected chi connectivity index (χ3v) is 6.83. The van der Waals surface area contributed by atoms with E-state index in [0.29, 0.717) is 55.3 Å². The van der Waals surface area contributed by atoms with E-state index >= 15 is 0 Å². The summed E-state index contributed by atoms with van der Waals surface area (Å²) in [7, 11) is 1.70. The van der Waals surface area contributed by atoms with Crippen molar-refractivity contribution in [2.45, 2.75) is 32.2 Å². The van der Waals surface area contributed by atoms with Crippen LogP contribution in [0.5, 0.6) is 0 Å². The predicted molar refractivity (Wildman–Crippen MR) is 124 cm³/mol. The molecular formula is C27H27F3N2O3. The van der Waals surface area contributed by atoms with Gasteiger partial charge in [-0.15, -0.1) is 0 Å². The molecule has 1 fully saturated rings. The zero-order chi connectivity index (χ0) is 25.1. The van der Waals surface area contributed by atoms with Crippen molar-refractivity contribution in [3.63, 3.8) is 0 Å². The Morgan fingerprint density at radius 1 is 1.03 bits per heavy atom. The second kappa shape index (κ2) is 10.4. The van der Waals surface area contributed by atoms with Crippen molar-refractivity contribution in [3.05, 3.63) is 94.7 Å². The molecule has 0 aliphatic carbocycles. The lowest BCUT2D eigenvalue weighted by atomic mass is 9.84. The average Bonchev–Trinajstić information content (AvgIpc) is 3.28. The van der Waals surface area contributed by atoms with E-state index < -0.39 is 17.5 Å². The quantitative estimate of drug-likeness (QED) is 0.481. The Morgan fingerprint density at radius 3 is 2.37 bits per heavy atom. The van der Waals surface area contributed by atoms with E-state index in [-0.39, 0.29) is 29.2 Å². The molecule has 0 bridgehead atoms. The maximum atomic E-state index is 14.5. The molecule has 1 aliphatic rings. The van der Waals surface area contributed by atoms with Gasteiger partial charge < -0.3 is 14.2 Å². The summed E-state index contributed by atoms with van der Waals surface area (Å²) in [6, 6.07) is 10.7. The Kier molecular flexibility index (Phi) is 7.28. The molecule has 0 N–H and O–H groups in total. The van der Waals surface area contributed by atoms with Crippen LogP contribution in [0.2, 0.25) is 0 Å². The van der Waals surface area contributed by atoms with Crippen molar-refractivity contribution in [2.75, 3.05) is 20.1 Å². The highest BCUT2D eigenvalue weighted by molar-refractivity contribution is 5.95. The average molecular weight is 485 g/mol. The number of carbonyl (C=O) groups excluding carboxylic acids is 2. The molecule has 1 aliphatic heterocycles. The summed E-state index contributed by atoms with van der Waals surface area (Å²) < 4.78 is 47.2. The fraction of sp³-hybridized carbons (Fsp3) is 0.333. The molecule has 3 aromatic rings. The van der Waals surface area contributed by atoms with Crippen LogP contribution >= 0.6 is 0 Å². The van der Waals surface area contributed by atoms with Crippen LogP contribution in [0.4, 0.5) is 13.2 Å². The predicted octanol–water partition coefficient (Wildman–Crippen LogP) is 5.24. The molecule has 2 heterocycles. The molecule has 1 atom stereocenters. The highest BCUT2D eigenvalue weighted by Gasteiger charge is 2.34. The first-order valence-electron chi connectivity index (χ1n) is 11.5. The van der Waals surface area contributed by atoms with E-state index in [1.807, 2.05) is 0 Å². The van der Waals surface area contributed by atoms with Crippen LogP contribution in [0, 0.1) is 30.3 Å². The number of piperidine rings is 1. The number of nitrogens with zero attached hydrogens (tertiary/aromatic N) is 2. The summed E-state index contributed by atoms with van der Waals surface area (Å²) in [4.78, 5) is 29.2. The van der Waals surface area contributed by atoms with E-state index in [9.17, 15) is 22.8 Å². The number of aryl methyl sites for hydroxylation is 1. The fourth-order valence-electron chi connectivity index (χ4n) is 4.78. The maximum absolute atomic E-state index is 14.5. The van der Waals surface area contributed by atoms with Gasteiger partial charge in [-0.3, -0.25) is 9.59 Å². The summed E-state index contributed by atoms with van der Waals surface area (Å²) in [5.74, 6) is -2.19. The smallest absolute Gasteiger partial charge is 0.257 e. The van der Waals surface area contributed by atoms with Crippen molar-refractivity contribution in [2.24, 2.45) is 5.92 Å². The number of benzene rings is 2. The Bertz CT molecular complexity index is 1220. The van der Waals surface area contributed by atoms with Gasteiger partial charge in [-0.25, -0.2) is 13.2 Å². The molecule has 1 saturated heterocycles. The molecule has 1 aromatic heterocycles. The van der Waals surface area contributed by atoms with Gasteiger partial charge in [-0.05, 0) is 61.9 Å².